The standard InChI is InChI=1S/C25H27NO4/c1-3-16-28-18-20-17-19(14-15-23(20)29-4-2)25(27)26-22-12-8-9-13-24(22)30-21-10-6-5-7-11-21/h5-15,17H,3-4,16,18H2,1-2H3,(H,26,27). The van der Waals surface area contributed by atoms with E-state index in [1.807, 2.05) is 73.7 Å². The number of anilines is 1. The Labute approximate surface area is 177 Å². The van der Waals surface area contributed by atoms with Crippen LogP contribution in [0.15, 0.2) is 72.8 Å². The number of ether oxygens (including phenoxy) is 3. The Morgan fingerprint density at radius 2 is 1.67 bits per heavy atom. The molecule has 0 heterocycles. The minimum absolute atomic E-state index is 0.223. The Bertz CT molecular complexity index is 956. The lowest BCUT2D eigenvalue weighted by molar-refractivity contribution is 0.102. The van der Waals surface area contributed by atoms with Crippen LogP contribution in [0.3, 0.4) is 0 Å². The summed E-state index contributed by atoms with van der Waals surface area (Å²) in [6, 6.07) is 22.2. The molecule has 0 spiro atoms. The van der Waals surface area contributed by atoms with Crippen LogP contribution in [0.4, 0.5) is 5.69 Å². The van der Waals surface area contributed by atoms with Gasteiger partial charge in [0.15, 0.2) is 5.75 Å². The fraction of sp³-hybridized carbons (Fsp3) is 0.240. The molecule has 3 rings (SSSR count). The summed E-state index contributed by atoms with van der Waals surface area (Å²) in [5, 5.41) is 2.95. The van der Waals surface area contributed by atoms with Crippen LogP contribution in [0.1, 0.15) is 36.2 Å². The Morgan fingerprint density at radius 3 is 2.43 bits per heavy atom. The summed E-state index contributed by atoms with van der Waals surface area (Å²) >= 11 is 0. The van der Waals surface area contributed by atoms with Crippen LogP contribution < -0.4 is 14.8 Å². The van der Waals surface area contributed by atoms with Crippen molar-refractivity contribution < 1.29 is 19.0 Å². The zero-order valence-electron chi connectivity index (χ0n) is 17.4. The lowest BCUT2D eigenvalue weighted by Gasteiger charge is -2.14. The Balaban J connectivity index is 1.78. The second-order valence-corrected chi connectivity index (χ2v) is 6.67. The van der Waals surface area contributed by atoms with E-state index in [9.17, 15) is 4.79 Å². The molecule has 0 unspecified atom stereocenters. The Hall–Kier alpha value is -3.31. The molecular weight excluding hydrogens is 378 g/mol. The van der Waals surface area contributed by atoms with Crippen LogP contribution >= 0.6 is 0 Å². The van der Waals surface area contributed by atoms with Crippen LogP contribution in [0.5, 0.6) is 17.2 Å². The Kier molecular flexibility index (Phi) is 7.86. The number of carbonyl (C=O) groups excluding carboxylic acids is 1. The lowest BCUT2D eigenvalue weighted by atomic mass is 10.1. The molecule has 3 aromatic rings. The summed E-state index contributed by atoms with van der Waals surface area (Å²) in [5.74, 6) is 1.79. The van der Waals surface area contributed by atoms with Gasteiger partial charge >= 0.3 is 0 Å². The normalized spacial score (nSPS) is 10.5. The zero-order valence-corrected chi connectivity index (χ0v) is 17.4. The first-order valence-electron chi connectivity index (χ1n) is 10.2. The van der Waals surface area contributed by atoms with Gasteiger partial charge in [0.25, 0.3) is 5.91 Å². The van der Waals surface area contributed by atoms with Crippen molar-refractivity contribution in [3.63, 3.8) is 0 Å². The summed E-state index contributed by atoms with van der Waals surface area (Å²) in [4.78, 5) is 12.9. The van der Waals surface area contributed by atoms with E-state index >= 15 is 0 Å². The van der Waals surface area contributed by atoms with Crippen molar-refractivity contribution in [3.8, 4) is 17.2 Å². The molecule has 5 nitrogen and oxygen atoms in total. The number of rotatable bonds is 10. The van der Waals surface area contributed by atoms with E-state index in [0.29, 0.717) is 42.6 Å². The van der Waals surface area contributed by atoms with Crippen LogP contribution in [-0.2, 0) is 11.3 Å². The van der Waals surface area contributed by atoms with Crippen molar-refractivity contribution in [2.24, 2.45) is 0 Å². The molecule has 30 heavy (non-hydrogen) atoms. The second-order valence-electron chi connectivity index (χ2n) is 6.67. The molecule has 156 valence electrons. The smallest absolute Gasteiger partial charge is 0.255 e. The zero-order chi connectivity index (χ0) is 21.2. The molecule has 0 aliphatic rings. The van der Waals surface area contributed by atoms with E-state index in [4.69, 9.17) is 14.2 Å². The summed E-state index contributed by atoms with van der Waals surface area (Å²) in [5.41, 5.74) is 1.99. The molecule has 5 heteroatoms. The average Bonchev–Trinajstić information content (AvgIpc) is 2.77. The van der Waals surface area contributed by atoms with Gasteiger partial charge in [-0.3, -0.25) is 4.79 Å². The fourth-order valence-electron chi connectivity index (χ4n) is 2.93. The molecule has 3 aromatic carbocycles. The van der Waals surface area contributed by atoms with Crippen LogP contribution in [0.25, 0.3) is 0 Å². The molecule has 0 atom stereocenters. The van der Waals surface area contributed by atoms with Gasteiger partial charge in [-0.25, -0.2) is 0 Å². The van der Waals surface area contributed by atoms with E-state index in [2.05, 4.69) is 12.2 Å². The van der Waals surface area contributed by atoms with Gasteiger partial charge in [0.1, 0.15) is 11.5 Å². The highest BCUT2D eigenvalue weighted by Gasteiger charge is 2.13. The first-order valence-corrected chi connectivity index (χ1v) is 10.2. The number of benzene rings is 3. The van der Waals surface area contributed by atoms with E-state index in [1.165, 1.54) is 0 Å². The second kappa shape index (κ2) is 11.0. The molecule has 0 radical (unpaired) electrons. The number of nitrogens with one attached hydrogen (secondary N) is 1. The third-order valence-corrected chi connectivity index (χ3v) is 4.33. The number of para-hydroxylation sites is 3. The van der Waals surface area contributed by atoms with E-state index in [0.717, 1.165) is 17.7 Å². The predicted octanol–water partition coefficient (Wildman–Crippen LogP) is 6.06. The van der Waals surface area contributed by atoms with Gasteiger partial charge in [0, 0.05) is 17.7 Å². The fourth-order valence-corrected chi connectivity index (χ4v) is 2.93. The van der Waals surface area contributed by atoms with Crippen LogP contribution in [-0.4, -0.2) is 19.1 Å². The summed E-state index contributed by atoms with van der Waals surface area (Å²) in [6.07, 6.45) is 0.933. The third kappa shape index (κ3) is 5.84. The minimum Gasteiger partial charge on any atom is -0.494 e. The molecular formula is C25H27NO4. The summed E-state index contributed by atoms with van der Waals surface area (Å²) < 4.78 is 17.3. The highest BCUT2D eigenvalue weighted by atomic mass is 16.5. The van der Waals surface area contributed by atoms with Crippen molar-refractivity contribution in [2.75, 3.05) is 18.5 Å². The van der Waals surface area contributed by atoms with Gasteiger partial charge in [-0.1, -0.05) is 37.3 Å². The molecule has 0 aromatic heterocycles. The van der Waals surface area contributed by atoms with Crippen molar-refractivity contribution in [1.29, 1.82) is 0 Å². The average molecular weight is 405 g/mol. The number of amides is 1. The molecule has 1 N–H and O–H groups in total. The van der Waals surface area contributed by atoms with Crippen molar-refractivity contribution in [2.45, 2.75) is 26.9 Å². The molecule has 0 aliphatic heterocycles. The SMILES string of the molecule is CCCOCc1cc(C(=O)Nc2ccccc2Oc2ccccc2)ccc1OCC. The summed E-state index contributed by atoms with van der Waals surface area (Å²) in [6.45, 7) is 5.60. The van der Waals surface area contributed by atoms with Gasteiger partial charge in [0.05, 0.1) is 18.9 Å². The quantitative estimate of drug-likeness (QED) is 0.417. The molecule has 1 amide bonds. The number of hydrogen-bond acceptors (Lipinski definition) is 4. The highest BCUT2D eigenvalue weighted by Crippen LogP contribution is 2.30. The maximum absolute atomic E-state index is 12.9. The molecule has 0 saturated heterocycles. The molecule has 0 aliphatic carbocycles. The maximum atomic E-state index is 12.9. The van der Waals surface area contributed by atoms with Crippen molar-refractivity contribution >= 4 is 11.6 Å². The van der Waals surface area contributed by atoms with Crippen LogP contribution in [0.2, 0.25) is 0 Å². The van der Waals surface area contributed by atoms with E-state index in [1.54, 1.807) is 6.07 Å². The topological polar surface area (TPSA) is 56.8 Å². The van der Waals surface area contributed by atoms with Gasteiger partial charge in [0.2, 0.25) is 0 Å². The monoisotopic (exact) mass is 405 g/mol. The predicted molar refractivity (Wildman–Crippen MR) is 118 cm³/mol. The maximum Gasteiger partial charge on any atom is 0.255 e. The highest BCUT2D eigenvalue weighted by molar-refractivity contribution is 6.05. The van der Waals surface area contributed by atoms with Gasteiger partial charge < -0.3 is 19.5 Å². The van der Waals surface area contributed by atoms with Crippen molar-refractivity contribution in [3.05, 3.63) is 83.9 Å². The van der Waals surface area contributed by atoms with Crippen molar-refractivity contribution in [1.82, 2.24) is 0 Å². The van der Waals surface area contributed by atoms with E-state index < -0.39 is 0 Å². The van der Waals surface area contributed by atoms with E-state index in [-0.39, 0.29) is 5.91 Å². The molecule has 0 bridgehead atoms. The first kappa shape index (κ1) is 21.4. The Morgan fingerprint density at radius 1 is 0.900 bits per heavy atom. The van der Waals surface area contributed by atoms with Gasteiger partial charge in [-0.15, -0.1) is 0 Å². The van der Waals surface area contributed by atoms with Gasteiger partial charge in [-0.05, 0) is 55.8 Å². The number of carbonyl (C=O) groups is 1. The third-order valence-electron chi connectivity index (χ3n) is 4.33. The molecule has 0 saturated carbocycles. The van der Waals surface area contributed by atoms with Gasteiger partial charge in [-0.2, -0.15) is 0 Å². The summed E-state index contributed by atoms with van der Waals surface area (Å²) in [7, 11) is 0. The number of hydrogen-bond donors (Lipinski definition) is 1. The lowest BCUT2D eigenvalue weighted by Crippen LogP contribution is -2.13. The first-order chi connectivity index (χ1) is 14.7. The largest absolute Gasteiger partial charge is 0.494 e. The minimum atomic E-state index is -0.223. The molecule has 0 fully saturated rings. The van der Waals surface area contributed by atoms with Crippen LogP contribution in [0, 0.1) is 0 Å².